The zero-order valence-electron chi connectivity index (χ0n) is 12.2. The van der Waals surface area contributed by atoms with E-state index in [1.54, 1.807) is 19.1 Å². The molecule has 0 aromatic heterocycles. The molecule has 0 spiro atoms. The number of nitrogens with one attached hydrogen (secondary N) is 1. The molecule has 0 aliphatic carbocycles. The van der Waals surface area contributed by atoms with Crippen molar-refractivity contribution in [2.45, 2.75) is 32.8 Å². The molecule has 0 amide bonds. The molecule has 0 aliphatic rings. The predicted octanol–water partition coefficient (Wildman–Crippen LogP) is 2.68. The quantitative estimate of drug-likeness (QED) is 0.748. The summed E-state index contributed by atoms with van der Waals surface area (Å²) in [4.78, 5) is 0. The highest BCUT2D eigenvalue weighted by molar-refractivity contribution is 5.32. The molecular formula is C15H24FNO2. The lowest BCUT2D eigenvalue weighted by Crippen LogP contribution is -2.30. The van der Waals surface area contributed by atoms with Crippen LogP contribution in [0.15, 0.2) is 18.2 Å². The van der Waals surface area contributed by atoms with Gasteiger partial charge < -0.3 is 15.2 Å². The lowest BCUT2D eigenvalue weighted by molar-refractivity contribution is 0.0441. The summed E-state index contributed by atoms with van der Waals surface area (Å²) in [7, 11) is 1.49. The van der Waals surface area contributed by atoms with Crippen molar-refractivity contribution in [3.05, 3.63) is 29.6 Å². The van der Waals surface area contributed by atoms with Gasteiger partial charge in [-0.1, -0.05) is 13.8 Å². The van der Waals surface area contributed by atoms with Crippen molar-refractivity contribution in [1.29, 1.82) is 0 Å². The van der Waals surface area contributed by atoms with E-state index in [0.717, 1.165) is 6.54 Å². The van der Waals surface area contributed by atoms with E-state index < -0.39 is 11.4 Å². The molecule has 1 rings (SSSR count). The maximum atomic E-state index is 13.9. The number of aliphatic hydroxyl groups is 1. The summed E-state index contributed by atoms with van der Waals surface area (Å²) in [5.74, 6) is 0.575. The summed E-state index contributed by atoms with van der Waals surface area (Å²) in [5.41, 5.74) is -0.875. The maximum absolute atomic E-state index is 13.9. The molecule has 0 heterocycles. The standard InChI is InChI=1S/C15H24FNO2/c1-11(2)10-17-8-7-15(3,18)13-6-5-12(19-4)9-14(13)16/h5-6,9,11,17-18H,7-8,10H2,1-4H3. The lowest BCUT2D eigenvalue weighted by atomic mass is 9.92. The maximum Gasteiger partial charge on any atom is 0.132 e. The van der Waals surface area contributed by atoms with Gasteiger partial charge in [-0.05, 0) is 44.5 Å². The molecule has 0 bridgehead atoms. The van der Waals surface area contributed by atoms with E-state index in [-0.39, 0.29) is 0 Å². The monoisotopic (exact) mass is 269 g/mol. The fourth-order valence-corrected chi connectivity index (χ4v) is 1.92. The van der Waals surface area contributed by atoms with E-state index in [2.05, 4.69) is 19.2 Å². The number of rotatable bonds is 7. The van der Waals surface area contributed by atoms with Gasteiger partial charge in [0, 0.05) is 11.6 Å². The molecule has 19 heavy (non-hydrogen) atoms. The van der Waals surface area contributed by atoms with Gasteiger partial charge in [-0.15, -0.1) is 0 Å². The predicted molar refractivity (Wildman–Crippen MR) is 74.8 cm³/mol. The molecule has 4 heteroatoms. The van der Waals surface area contributed by atoms with Gasteiger partial charge >= 0.3 is 0 Å². The van der Waals surface area contributed by atoms with Crippen LogP contribution in [0, 0.1) is 11.7 Å². The van der Waals surface area contributed by atoms with E-state index in [1.165, 1.54) is 13.2 Å². The molecule has 0 saturated heterocycles. The number of halogens is 1. The number of hydrogen-bond donors (Lipinski definition) is 2. The van der Waals surface area contributed by atoms with Gasteiger partial charge in [-0.2, -0.15) is 0 Å². The van der Waals surface area contributed by atoms with Crippen molar-refractivity contribution in [3.63, 3.8) is 0 Å². The van der Waals surface area contributed by atoms with Gasteiger partial charge in [0.1, 0.15) is 11.6 Å². The molecule has 108 valence electrons. The van der Waals surface area contributed by atoms with Crippen molar-refractivity contribution in [2.24, 2.45) is 5.92 Å². The third kappa shape index (κ3) is 4.80. The second-order valence-corrected chi connectivity index (χ2v) is 5.47. The summed E-state index contributed by atoms with van der Waals surface area (Å²) in [6.07, 6.45) is 0.461. The third-order valence-electron chi connectivity index (χ3n) is 3.10. The minimum absolute atomic E-state index is 0.305. The fourth-order valence-electron chi connectivity index (χ4n) is 1.92. The Morgan fingerprint density at radius 1 is 1.42 bits per heavy atom. The third-order valence-corrected chi connectivity index (χ3v) is 3.10. The van der Waals surface area contributed by atoms with Crippen LogP contribution < -0.4 is 10.1 Å². The number of ether oxygens (including phenoxy) is 1. The van der Waals surface area contributed by atoms with E-state index in [0.29, 0.717) is 30.2 Å². The van der Waals surface area contributed by atoms with E-state index in [9.17, 15) is 9.50 Å². The first-order valence-electron chi connectivity index (χ1n) is 6.64. The second kappa shape index (κ2) is 6.87. The molecule has 0 saturated carbocycles. The minimum atomic E-state index is -1.18. The minimum Gasteiger partial charge on any atom is -0.497 e. The lowest BCUT2D eigenvalue weighted by Gasteiger charge is -2.25. The molecule has 1 atom stereocenters. The van der Waals surface area contributed by atoms with E-state index in [4.69, 9.17) is 4.74 Å². The summed E-state index contributed by atoms with van der Waals surface area (Å²) in [6, 6.07) is 4.54. The van der Waals surface area contributed by atoms with Crippen LogP contribution in [0.1, 0.15) is 32.8 Å². The SMILES string of the molecule is COc1ccc(C(C)(O)CCNCC(C)C)c(F)c1. The van der Waals surface area contributed by atoms with Gasteiger partial charge in [0.2, 0.25) is 0 Å². The summed E-state index contributed by atoms with van der Waals surface area (Å²) in [6.45, 7) is 7.41. The number of hydrogen-bond acceptors (Lipinski definition) is 3. The zero-order chi connectivity index (χ0) is 14.5. The first-order chi connectivity index (χ1) is 8.86. The van der Waals surface area contributed by atoms with Gasteiger partial charge in [0.05, 0.1) is 12.7 Å². The van der Waals surface area contributed by atoms with Crippen LogP contribution in [-0.4, -0.2) is 25.3 Å². The van der Waals surface area contributed by atoms with Crippen LogP contribution in [0.25, 0.3) is 0 Å². The fraction of sp³-hybridized carbons (Fsp3) is 0.600. The molecule has 0 fully saturated rings. The van der Waals surface area contributed by atoms with E-state index in [1.807, 2.05) is 0 Å². The molecule has 1 aromatic rings. The van der Waals surface area contributed by atoms with Crippen LogP contribution in [0.5, 0.6) is 5.75 Å². The highest BCUT2D eigenvalue weighted by atomic mass is 19.1. The van der Waals surface area contributed by atoms with Gasteiger partial charge in [-0.25, -0.2) is 4.39 Å². The van der Waals surface area contributed by atoms with Crippen LogP contribution in [0.2, 0.25) is 0 Å². The first kappa shape index (κ1) is 15.9. The topological polar surface area (TPSA) is 41.5 Å². The molecule has 0 radical (unpaired) electrons. The van der Waals surface area contributed by atoms with Crippen molar-refractivity contribution < 1.29 is 14.2 Å². The molecule has 3 nitrogen and oxygen atoms in total. The van der Waals surface area contributed by atoms with Crippen molar-refractivity contribution in [1.82, 2.24) is 5.32 Å². The summed E-state index contributed by atoms with van der Waals surface area (Å²) in [5, 5.41) is 13.6. The highest BCUT2D eigenvalue weighted by Crippen LogP contribution is 2.28. The first-order valence-corrected chi connectivity index (χ1v) is 6.64. The largest absolute Gasteiger partial charge is 0.497 e. The highest BCUT2D eigenvalue weighted by Gasteiger charge is 2.26. The van der Waals surface area contributed by atoms with Crippen molar-refractivity contribution >= 4 is 0 Å². The Hall–Kier alpha value is -1.13. The molecule has 0 aliphatic heterocycles. The Balaban J connectivity index is 2.66. The Labute approximate surface area is 114 Å². The van der Waals surface area contributed by atoms with E-state index >= 15 is 0 Å². The van der Waals surface area contributed by atoms with Gasteiger partial charge in [-0.3, -0.25) is 0 Å². The Morgan fingerprint density at radius 3 is 2.63 bits per heavy atom. The van der Waals surface area contributed by atoms with Crippen LogP contribution in [0.3, 0.4) is 0 Å². The number of benzene rings is 1. The smallest absolute Gasteiger partial charge is 0.132 e. The average Bonchev–Trinajstić information content (AvgIpc) is 2.34. The second-order valence-electron chi connectivity index (χ2n) is 5.47. The zero-order valence-corrected chi connectivity index (χ0v) is 12.2. The van der Waals surface area contributed by atoms with Gasteiger partial charge in [0.15, 0.2) is 0 Å². The molecule has 1 unspecified atom stereocenters. The Morgan fingerprint density at radius 2 is 2.11 bits per heavy atom. The number of methoxy groups -OCH3 is 1. The Bertz CT molecular complexity index is 405. The van der Waals surface area contributed by atoms with Crippen molar-refractivity contribution in [3.8, 4) is 5.75 Å². The summed E-state index contributed by atoms with van der Waals surface area (Å²) < 4.78 is 18.9. The Kier molecular flexibility index (Phi) is 5.76. The van der Waals surface area contributed by atoms with Crippen LogP contribution >= 0.6 is 0 Å². The molecule has 2 N–H and O–H groups in total. The normalized spacial score (nSPS) is 14.5. The van der Waals surface area contributed by atoms with Crippen molar-refractivity contribution in [2.75, 3.05) is 20.2 Å². The average molecular weight is 269 g/mol. The molecule has 1 aromatic carbocycles. The molecular weight excluding hydrogens is 245 g/mol. The van der Waals surface area contributed by atoms with Crippen LogP contribution in [-0.2, 0) is 5.60 Å². The van der Waals surface area contributed by atoms with Crippen LogP contribution in [0.4, 0.5) is 4.39 Å². The van der Waals surface area contributed by atoms with Gasteiger partial charge in [0.25, 0.3) is 0 Å². The summed E-state index contributed by atoms with van der Waals surface area (Å²) >= 11 is 0.